The van der Waals surface area contributed by atoms with Gasteiger partial charge in [-0.25, -0.2) is 27.0 Å². The number of carbonyl (C=O) groups is 1. The number of carbonyl (C=O) groups excluding carboxylic acids is 1. The van der Waals surface area contributed by atoms with E-state index in [2.05, 4.69) is 15.6 Å². The van der Waals surface area contributed by atoms with Crippen LogP contribution in [0.25, 0.3) is 10.2 Å². The minimum atomic E-state index is -3.94. The minimum absolute atomic E-state index is 0.0141. The van der Waals surface area contributed by atoms with Crippen LogP contribution in [0.5, 0.6) is 0 Å². The number of rotatable bonds is 13. The number of halogens is 2. The molecule has 48 heavy (non-hydrogen) atoms. The number of sulfonamides is 1. The molecule has 0 radical (unpaired) electrons. The van der Waals surface area contributed by atoms with E-state index in [0.29, 0.717) is 24.8 Å². The smallest absolute Gasteiger partial charge is 0.407 e. The Morgan fingerprint density at radius 1 is 1.06 bits per heavy atom. The summed E-state index contributed by atoms with van der Waals surface area (Å²) in [5.41, 5.74) is 1.08. The van der Waals surface area contributed by atoms with Crippen molar-refractivity contribution in [1.29, 1.82) is 0 Å². The van der Waals surface area contributed by atoms with Crippen molar-refractivity contribution in [3.05, 3.63) is 53.6 Å². The molecular formula is C34H42F2N4O6S2. The molecule has 3 aliphatic heterocycles. The number of thiazole rings is 1. The zero-order valence-corrected chi connectivity index (χ0v) is 28.7. The van der Waals surface area contributed by atoms with Crippen molar-refractivity contribution in [2.45, 2.75) is 81.7 Å². The van der Waals surface area contributed by atoms with Crippen LogP contribution in [-0.2, 0) is 30.7 Å². The van der Waals surface area contributed by atoms with Crippen LogP contribution in [0, 0.1) is 35.3 Å². The standard InChI is InChI=1S/C34H42F2N4O6S2/c1-19(2)16-40(48(42,43)26-6-8-29-30(15-26)47-33(39-29)37-24-4-5-24)10-9-25(13-20-11-22(35)14-23(36)12-20)38-34(41)46-31-21-3-7-27-28(31)18-45-32(27)44-17-21/h6,8,11-12,14-15,19,21,24-25,27-28,31-32H,3-5,7,9-10,13,16-18H2,1-2H3,(H,37,39)(H,38,41)/t21?,25-,27?,28?,31?,32?/m1/s1. The molecule has 2 aromatic carbocycles. The van der Waals surface area contributed by atoms with E-state index in [4.69, 9.17) is 14.2 Å². The Morgan fingerprint density at radius 3 is 2.58 bits per heavy atom. The first-order valence-electron chi connectivity index (χ1n) is 16.8. The second-order valence-electron chi connectivity index (χ2n) is 14.0. The Kier molecular flexibility index (Phi) is 9.64. The summed E-state index contributed by atoms with van der Waals surface area (Å²) in [7, 11) is -3.94. The molecule has 10 nitrogen and oxygen atoms in total. The van der Waals surface area contributed by atoms with E-state index < -0.39 is 33.8 Å². The first kappa shape index (κ1) is 33.6. The summed E-state index contributed by atoms with van der Waals surface area (Å²) in [6.07, 6.45) is 3.03. The third kappa shape index (κ3) is 7.47. The number of fused-ring (bicyclic) bond motifs is 3. The molecule has 260 valence electrons. The number of nitrogens with one attached hydrogen (secondary N) is 2. The maximum atomic E-state index is 14.2. The molecular weight excluding hydrogens is 663 g/mol. The van der Waals surface area contributed by atoms with Crippen molar-refractivity contribution in [2.75, 3.05) is 31.6 Å². The van der Waals surface area contributed by atoms with Gasteiger partial charge in [-0.3, -0.25) is 0 Å². The molecule has 1 aromatic heterocycles. The van der Waals surface area contributed by atoms with Crippen LogP contribution in [0.3, 0.4) is 0 Å². The highest BCUT2D eigenvalue weighted by Crippen LogP contribution is 2.46. The molecule has 5 fully saturated rings. The number of nitrogens with zero attached hydrogens (tertiary/aromatic N) is 2. The molecule has 2 N–H and O–H groups in total. The summed E-state index contributed by atoms with van der Waals surface area (Å²) in [4.78, 5) is 18.2. The number of hydrogen-bond donors (Lipinski definition) is 2. The van der Waals surface area contributed by atoms with Crippen LogP contribution in [0.15, 0.2) is 41.3 Å². The predicted molar refractivity (Wildman–Crippen MR) is 177 cm³/mol. The summed E-state index contributed by atoms with van der Waals surface area (Å²) >= 11 is 1.43. The highest BCUT2D eigenvalue weighted by atomic mass is 32.2. The molecule has 6 atom stereocenters. The number of alkyl carbamates (subject to hydrolysis) is 1. The number of hydrogen-bond acceptors (Lipinski definition) is 9. The van der Waals surface area contributed by atoms with Gasteiger partial charge in [-0.15, -0.1) is 0 Å². The van der Waals surface area contributed by atoms with Gasteiger partial charge in [-0.2, -0.15) is 4.31 Å². The van der Waals surface area contributed by atoms with Crippen LogP contribution >= 0.6 is 11.3 Å². The molecule has 2 aliphatic carbocycles. The molecule has 4 bridgehead atoms. The van der Waals surface area contributed by atoms with Crippen molar-refractivity contribution >= 4 is 42.8 Å². The maximum Gasteiger partial charge on any atom is 0.407 e. The number of amides is 1. The van der Waals surface area contributed by atoms with Crippen LogP contribution in [-0.4, -0.2) is 74.6 Å². The van der Waals surface area contributed by atoms with Gasteiger partial charge in [-0.1, -0.05) is 25.2 Å². The number of ether oxygens (including phenoxy) is 3. The van der Waals surface area contributed by atoms with Crippen LogP contribution in [0.2, 0.25) is 0 Å². The molecule has 5 aliphatic rings. The third-order valence-corrected chi connectivity index (χ3v) is 12.6. The zero-order valence-electron chi connectivity index (χ0n) is 27.1. The van der Waals surface area contributed by atoms with Gasteiger partial charge in [0, 0.05) is 49.0 Å². The predicted octanol–water partition coefficient (Wildman–Crippen LogP) is 5.92. The molecule has 2 saturated carbocycles. The van der Waals surface area contributed by atoms with Gasteiger partial charge in [-0.05, 0) is 80.3 Å². The highest BCUT2D eigenvalue weighted by molar-refractivity contribution is 7.89. The first-order chi connectivity index (χ1) is 23.0. The van der Waals surface area contributed by atoms with E-state index in [9.17, 15) is 22.0 Å². The van der Waals surface area contributed by atoms with Gasteiger partial charge in [0.15, 0.2) is 11.4 Å². The number of aromatic nitrogens is 1. The lowest BCUT2D eigenvalue weighted by molar-refractivity contribution is -0.135. The fraction of sp³-hybridized carbons (Fsp3) is 0.588. The largest absolute Gasteiger partial charge is 0.445 e. The summed E-state index contributed by atoms with van der Waals surface area (Å²) in [5.74, 6) is -1.16. The van der Waals surface area contributed by atoms with E-state index >= 15 is 0 Å². The van der Waals surface area contributed by atoms with Crippen LogP contribution in [0.4, 0.5) is 18.7 Å². The second kappa shape index (κ2) is 13.8. The van der Waals surface area contributed by atoms with Gasteiger partial charge in [0.1, 0.15) is 17.7 Å². The molecule has 14 heteroatoms. The van der Waals surface area contributed by atoms with Crippen LogP contribution in [0.1, 0.15) is 51.5 Å². The monoisotopic (exact) mass is 704 g/mol. The average Bonchev–Trinajstić information content (AvgIpc) is 3.68. The lowest BCUT2D eigenvalue weighted by atomic mass is 9.74. The topological polar surface area (TPSA) is 119 Å². The SMILES string of the molecule is CC(C)CN(CC[C@H](Cc1cc(F)cc(F)c1)NC(=O)OC1C2CCC3C(OC2)OCC31)S(=O)(=O)c1ccc2nc(NC3CC3)sc2c1. The Labute approximate surface area is 283 Å². The van der Waals surface area contributed by atoms with Crippen molar-refractivity contribution in [3.8, 4) is 0 Å². The molecule has 3 aromatic rings. The molecule has 1 amide bonds. The summed E-state index contributed by atoms with van der Waals surface area (Å²) in [6, 6.07) is 7.97. The molecule has 4 heterocycles. The summed E-state index contributed by atoms with van der Waals surface area (Å²) in [5, 5.41) is 7.07. The summed E-state index contributed by atoms with van der Waals surface area (Å²) < 4.78 is 76.5. The van der Waals surface area contributed by atoms with E-state index in [0.717, 1.165) is 47.1 Å². The molecule has 8 rings (SSSR count). The Morgan fingerprint density at radius 2 is 1.83 bits per heavy atom. The zero-order chi connectivity index (χ0) is 33.6. The minimum Gasteiger partial charge on any atom is -0.445 e. The van der Waals surface area contributed by atoms with E-state index in [1.807, 2.05) is 13.8 Å². The second-order valence-corrected chi connectivity index (χ2v) is 17.0. The van der Waals surface area contributed by atoms with Crippen molar-refractivity contribution in [2.24, 2.45) is 23.7 Å². The van der Waals surface area contributed by atoms with Gasteiger partial charge in [0.25, 0.3) is 0 Å². The van der Waals surface area contributed by atoms with Gasteiger partial charge < -0.3 is 24.8 Å². The average molecular weight is 705 g/mol. The van der Waals surface area contributed by atoms with Crippen LogP contribution < -0.4 is 10.6 Å². The fourth-order valence-corrected chi connectivity index (χ4v) is 9.98. The van der Waals surface area contributed by atoms with E-state index in [1.54, 1.807) is 18.2 Å². The molecule has 5 unspecified atom stereocenters. The maximum absolute atomic E-state index is 14.2. The van der Waals surface area contributed by atoms with Gasteiger partial charge in [0.05, 0.1) is 28.3 Å². The summed E-state index contributed by atoms with van der Waals surface area (Å²) in [6.45, 7) is 5.11. The normalized spacial score (nSPS) is 25.8. The third-order valence-electron chi connectivity index (χ3n) is 9.75. The molecule has 0 spiro atoms. The van der Waals surface area contributed by atoms with Crippen molar-refractivity contribution in [1.82, 2.24) is 14.6 Å². The Balaban J connectivity index is 1.09. The Hall–Kier alpha value is -2.91. The van der Waals surface area contributed by atoms with Gasteiger partial charge >= 0.3 is 6.09 Å². The van der Waals surface area contributed by atoms with E-state index in [1.165, 1.54) is 27.8 Å². The van der Waals surface area contributed by atoms with Crippen molar-refractivity contribution < 1.29 is 36.2 Å². The number of anilines is 1. The fourth-order valence-electron chi connectivity index (χ4n) is 7.27. The first-order valence-corrected chi connectivity index (χ1v) is 19.1. The highest BCUT2D eigenvalue weighted by Gasteiger charge is 2.52. The Bertz CT molecular complexity index is 1730. The van der Waals surface area contributed by atoms with Gasteiger partial charge in [0.2, 0.25) is 10.0 Å². The quantitative estimate of drug-likeness (QED) is 0.225. The van der Waals surface area contributed by atoms with Crippen molar-refractivity contribution in [3.63, 3.8) is 0 Å². The van der Waals surface area contributed by atoms with E-state index in [-0.39, 0.29) is 66.9 Å². The molecule has 3 saturated heterocycles. The number of benzene rings is 2. The lowest BCUT2D eigenvalue weighted by Crippen LogP contribution is -2.46. The lowest BCUT2D eigenvalue weighted by Gasteiger charge is -2.36.